The van der Waals surface area contributed by atoms with E-state index < -0.39 is 28.5 Å². The van der Waals surface area contributed by atoms with Crippen LogP contribution in [-0.2, 0) is 26.2 Å². The van der Waals surface area contributed by atoms with Crippen molar-refractivity contribution in [2.75, 3.05) is 10.8 Å². The lowest BCUT2D eigenvalue weighted by atomic mass is 10.1. The van der Waals surface area contributed by atoms with Crippen molar-refractivity contribution in [3.63, 3.8) is 0 Å². The Kier molecular flexibility index (Phi) is 10.6. The summed E-state index contributed by atoms with van der Waals surface area (Å²) in [6.07, 6.45) is 0.723. The van der Waals surface area contributed by atoms with Gasteiger partial charge < -0.3 is 10.2 Å². The van der Waals surface area contributed by atoms with Crippen LogP contribution in [0.1, 0.15) is 43.9 Å². The SMILES string of the molecule is CC[C@H](C)NC(=O)[C@H](C)N(Cc1cccc(Cl)c1)C(=O)CN(c1ccc(C)c(C)c1)S(=O)(=O)c1ccc(Cl)cc1. The number of hydrogen-bond acceptors (Lipinski definition) is 4. The number of carbonyl (C=O) groups excluding carboxylic acids is 2. The molecule has 3 aromatic rings. The highest BCUT2D eigenvalue weighted by Crippen LogP contribution is 2.27. The molecule has 0 heterocycles. The van der Waals surface area contributed by atoms with Gasteiger partial charge in [-0.15, -0.1) is 0 Å². The quantitative estimate of drug-likeness (QED) is 0.285. The fourth-order valence-electron chi connectivity index (χ4n) is 4.02. The van der Waals surface area contributed by atoms with Gasteiger partial charge >= 0.3 is 0 Å². The highest BCUT2D eigenvalue weighted by Gasteiger charge is 2.33. The van der Waals surface area contributed by atoms with Crippen molar-refractivity contribution in [1.82, 2.24) is 10.2 Å². The van der Waals surface area contributed by atoms with Crippen LogP contribution in [-0.4, -0.2) is 43.8 Å². The summed E-state index contributed by atoms with van der Waals surface area (Å²) >= 11 is 12.2. The topological polar surface area (TPSA) is 86.8 Å². The van der Waals surface area contributed by atoms with Gasteiger partial charge in [0, 0.05) is 22.6 Å². The second-order valence-electron chi connectivity index (χ2n) is 9.88. The zero-order valence-electron chi connectivity index (χ0n) is 23.3. The molecule has 0 aliphatic carbocycles. The van der Waals surface area contributed by atoms with Crippen LogP contribution in [0.25, 0.3) is 0 Å². The lowest BCUT2D eigenvalue weighted by Gasteiger charge is -2.32. The van der Waals surface area contributed by atoms with E-state index in [1.807, 2.05) is 33.8 Å². The first-order valence-electron chi connectivity index (χ1n) is 13.0. The van der Waals surface area contributed by atoms with E-state index in [9.17, 15) is 18.0 Å². The van der Waals surface area contributed by atoms with Crippen LogP contribution in [0.4, 0.5) is 5.69 Å². The molecule has 0 fully saturated rings. The minimum atomic E-state index is -4.17. The van der Waals surface area contributed by atoms with Gasteiger partial charge in [0.2, 0.25) is 11.8 Å². The van der Waals surface area contributed by atoms with Crippen molar-refractivity contribution >= 4 is 50.7 Å². The van der Waals surface area contributed by atoms with Crippen molar-refractivity contribution in [3.05, 3.63) is 93.5 Å². The molecule has 2 atom stereocenters. The fraction of sp³-hybridized carbons (Fsp3) is 0.333. The predicted octanol–water partition coefficient (Wildman–Crippen LogP) is 6.14. The molecule has 0 spiro atoms. The Morgan fingerprint density at radius 3 is 2.17 bits per heavy atom. The molecule has 7 nitrogen and oxygen atoms in total. The smallest absolute Gasteiger partial charge is 0.264 e. The van der Waals surface area contributed by atoms with E-state index in [1.54, 1.807) is 43.3 Å². The van der Waals surface area contributed by atoms with E-state index in [4.69, 9.17) is 23.2 Å². The number of benzene rings is 3. The average Bonchev–Trinajstić information content (AvgIpc) is 2.91. The van der Waals surface area contributed by atoms with Crippen LogP contribution in [0.2, 0.25) is 10.0 Å². The van der Waals surface area contributed by atoms with E-state index in [0.717, 1.165) is 21.9 Å². The zero-order chi connectivity index (χ0) is 29.6. The minimum absolute atomic E-state index is 0.00752. The maximum Gasteiger partial charge on any atom is 0.264 e. The third kappa shape index (κ3) is 7.77. The standard InChI is InChI=1S/C30H35Cl2N3O4S/c1-6-22(4)33-30(37)23(5)34(18-24-8-7-9-26(32)17-24)29(36)19-35(27-13-10-20(2)21(3)16-27)40(38,39)28-14-11-25(31)12-15-28/h7-17,22-23H,6,18-19H2,1-5H3,(H,33,37)/t22-,23-/m0/s1. The molecule has 0 unspecified atom stereocenters. The van der Waals surface area contributed by atoms with Gasteiger partial charge in [0.1, 0.15) is 12.6 Å². The highest BCUT2D eigenvalue weighted by atomic mass is 35.5. The van der Waals surface area contributed by atoms with Crippen LogP contribution >= 0.6 is 23.2 Å². The number of amides is 2. The first-order chi connectivity index (χ1) is 18.8. The molecule has 0 aliphatic heterocycles. The molecular weight excluding hydrogens is 569 g/mol. The second-order valence-corrected chi connectivity index (χ2v) is 12.6. The van der Waals surface area contributed by atoms with Crippen molar-refractivity contribution in [3.8, 4) is 0 Å². The number of rotatable bonds is 11. The average molecular weight is 605 g/mol. The van der Waals surface area contributed by atoms with Gasteiger partial charge in [-0.3, -0.25) is 13.9 Å². The van der Waals surface area contributed by atoms with Gasteiger partial charge in [-0.25, -0.2) is 8.42 Å². The van der Waals surface area contributed by atoms with Crippen LogP contribution < -0.4 is 9.62 Å². The summed E-state index contributed by atoms with van der Waals surface area (Å²) in [5.41, 5.74) is 2.91. The summed E-state index contributed by atoms with van der Waals surface area (Å²) in [7, 11) is -4.17. The minimum Gasteiger partial charge on any atom is -0.352 e. The molecule has 0 aromatic heterocycles. The monoisotopic (exact) mass is 603 g/mol. The van der Waals surface area contributed by atoms with Crippen molar-refractivity contribution < 1.29 is 18.0 Å². The van der Waals surface area contributed by atoms with E-state index >= 15 is 0 Å². The third-order valence-corrected chi connectivity index (χ3v) is 9.14. The molecule has 40 heavy (non-hydrogen) atoms. The number of hydrogen-bond donors (Lipinski definition) is 1. The van der Waals surface area contributed by atoms with Crippen LogP contribution in [0.15, 0.2) is 71.6 Å². The lowest BCUT2D eigenvalue weighted by molar-refractivity contribution is -0.139. The van der Waals surface area contributed by atoms with Crippen LogP contribution in [0.3, 0.4) is 0 Å². The Morgan fingerprint density at radius 1 is 0.900 bits per heavy atom. The van der Waals surface area contributed by atoms with Crippen molar-refractivity contribution in [2.24, 2.45) is 0 Å². The first kappa shape index (κ1) is 31.5. The Bertz CT molecular complexity index is 1460. The Balaban J connectivity index is 2.05. The molecule has 0 aliphatic rings. The number of nitrogens with one attached hydrogen (secondary N) is 1. The van der Waals surface area contributed by atoms with E-state index in [0.29, 0.717) is 21.3 Å². The summed E-state index contributed by atoms with van der Waals surface area (Å²) in [5, 5.41) is 3.80. The Hall–Kier alpha value is -3.07. The van der Waals surface area contributed by atoms with Crippen molar-refractivity contribution in [2.45, 2.75) is 64.6 Å². The summed E-state index contributed by atoms with van der Waals surface area (Å²) in [6, 6.07) is 17.0. The van der Waals surface area contributed by atoms with Gasteiger partial charge in [-0.05, 0) is 99.3 Å². The van der Waals surface area contributed by atoms with E-state index in [-0.39, 0.29) is 23.4 Å². The molecule has 0 radical (unpaired) electrons. The number of nitrogens with zero attached hydrogens (tertiary/aromatic N) is 2. The number of aryl methyl sites for hydroxylation is 2. The van der Waals surface area contributed by atoms with E-state index in [2.05, 4.69) is 5.32 Å². The summed E-state index contributed by atoms with van der Waals surface area (Å²) < 4.78 is 28.9. The molecule has 214 valence electrons. The lowest BCUT2D eigenvalue weighted by Crippen LogP contribution is -2.52. The van der Waals surface area contributed by atoms with Gasteiger partial charge in [0.25, 0.3) is 10.0 Å². The largest absolute Gasteiger partial charge is 0.352 e. The molecule has 3 rings (SSSR count). The Labute approximate surface area is 247 Å². The molecule has 0 saturated carbocycles. The van der Waals surface area contributed by atoms with Gasteiger partial charge in [-0.2, -0.15) is 0 Å². The highest BCUT2D eigenvalue weighted by molar-refractivity contribution is 7.92. The number of anilines is 1. The van der Waals surface area contributed by atoms with Gasteiger partial charge in [-0.1, -0.05) is 48.3 Å². The number of halogens is 2. The predicted molar refractivity (Wildman–Crippen MR) is 161 cm³/mol. The maximum absolute atomic E-state index is 14.0. The molecular formula is C30H35Cl2N3O4S. The normalized spacial score (nSPS) is 12.9. The summed E-state index contributed by atoms with van der Waals surface area (Å²) in [4.78, 5) is 28.5. The molecule has 0 bridgehead atoms. The molecule has 0 saturated heterocycles. The second kappa shape index (κ2) is 13.5. The number of sulfonamides is 1. The van der Waals surface area contributed by atoms with E-state index in [1.165, 1.54) is 29.2 Å². The Morgan fingerprint density at radius 2 is 1.57 bits per heavy atom. The molecule has 3 aromatic carbocycles. The zero-order valence-corrected chi connectivity index (χ0v) is 25.6. The summed E-state index contributed by atoms with van der Waals surface area (Å²) in [5.74, 6) is -0.870. The molecule has 2 amide bonds. The molecule has 1 N–H and O–H groups in total. The molecule has 10 heteroatoms. The third-order valence-electron chi connectivity index (χ3n) is 6.87. The van der Waals surface area contributed by atoms with Gasteiger partial charge in [0.15, 0.2) is 0 Å². The number of carbonyl (C=O) groups is 2. The first-order valence-corrected chi connectivity index (χ1v) is 15.2. The fourth-order valence-corrected chi connectivity index (χ4v) is 5.77. The van der Waals surface area contributed by atoms with Crippen LogP contribution in [0, 0.1) is 13.8 Å². The van der Waals surface area contributed by atoms with Crippen LogP contribution in [0.5, 0.6) is 0 Å². The summed E-state index contributed by atoms with van der Waals surface area (Å²) in [6.45, 7) is 8.81. The van der Waals surface area contributed by atoms with Crippen molar-refractivity contribution in [1.29, 1.82) is 0 Å². The maximum atomic E-state index is 14.0. The van der Waals surface area contributed by atoms with Gasteiger partial charge in [0.05, 0.1) is 10.6 Å².